The van der Waals surface area contributed by atoms with Crippen LogP contribution in [0.2, 0.25) is 5.02 Å². The lowest BCUT2D eigenvalue weighted by Crippen LogP contribution is -2.20. The second kappa shape index (κ2) is 10.1. The first-order valence-electron chi connectivity index (χ1n) is 11.1. The van der Waals surface area contributed by atoms with E-state index in [0.29, 0.717) is 26.9 Å². The van der Waals surface area contributed by atoms with Gasteiger partial charge in [-0.1, -0.05) is 23.7 Å². The Labute approximate surface area is 218 Å². The smallest absolute Gasteiger partial charge is 0.343 e. The zero-order chi connectivity index (χ0) is 26.8. The Bertz CT molecular complexity index is 1810. The van der Waals surface area contributed by atoms with Gasteiger partial charge in [-0.25, -0.2) is 9.78 Å². The summed E-state index contributed by atoms with van der Waals surface area (Å²) in [5.74, 6) is -0.178. The van der Waals surface area contributed by atoms with E-state index in [2.05, 4.69) is 14.8 Å². The Morgan fingerprint density at radius 3 is 2.79 bits per heavy atom. The third-order valence-corrected chi connectivity index (χ3v) is 5.78. The van der Waals surface area contributed by atoms with E-state index in [0.717, 1.165) is 4.68 Å². The largest absolute Gasteiger partial charge is 0.481 e. The predicted molar refractivity (Wildman–Crippen MR) is 140 cm³/mol. The van der Waals surface area contributed by atoms with Crippen molar-refractivity contribution in [3.05, 3.63) is 97.8 Å². The van der Waals surface area contributed by atoms with E-state index in [-0.39, 0.29) is 28.6 Å². The van der Waals surface area contributed by atoms with Gasteiger partial charge in [0, 0.05) is 28.1 Å². The highest BCUT2D eigenvalue weighted by Gasteiger charge is 2.18. The van der Waals surface area contributed by atoms with Crippen molar-refractivity contribution < 1.29 is 23.6 Å². The number of carbonyl (C=O) groups is 1. The van der Waals surface area contributed by atoms with E-state index in [4.69, 9.17) is 20.8 Å². The van der Waals surface area contributed by atoms with Gasteiger partial charge in [0.15, 0.2) is 12.4 Å². The van der Waals surface area contributed by atoms with Crippen LogP contribution in [-0.4, -0.2) is 40.5 Å². The van der Waals surface area contributed by atoms with Gasteiger partial charge in [0.1, 0.15) is 11.3 Å². The third kappa shape index (κ3) is 4.82. The number of aromatic nitrogens is 2. The molecule has 190 valence electrons. The minimum absolute atomic E-state index is 0.0970. The average Bonchev–Trinajstić information content (AvgIpc) is 3.34. The Morgan fingerprint density at radius 2 is 2.00 bits per heavy atom. The summed E-state index contributed by atoms with van der Waals surface area (Å²) in [5.41, 5.74) is 0.359. The quantitative estimate of drug-likeness (QED) is 0.126. The fraction of sp³-hybridized carbons (Fsp3) is 0.0769. The molecule has 0 fully saturated rings. The molecule has 38 heavy (non-hydrogen) atoms. The highest BCUT2D eigenvalue weighted by atomic mass is 35.5. The van der Waals surface area contributed by atoms with E-state index in [1.54, 1.807) is 48.5 Å². The zero-order valence-corrected chi connectivity index (χ0v) is 20.4. The second-order valence-corrected chi connectivity index (χ2v) is 8.39. The highest BCUT2D eigenvalue weighted by molar-refractivity contribution is 6.31. The zero-order valence-electron chi connectivity index (χ0n) is 19.7. The molecule has 0 N–H and O–H groups in total. The monoisotopic (exact) mass is 532 g/mol. The molecule has 0 bridgehead atoms. The van der Waals surface area contributed by atoms with Gasteiger partial charge in [0.05, 0.1) is 29.2 Å². The number of ether oxygens (including phenoxy) is 2. The van der Waals surface area contributed by atoms with E-state index >= 15 is 0 Å². The molecule has 0 aliphatic heterocycles. The molecule has 0 saturated heterocycles. The van der Waals surface area contributed by atoms with Crippen molar-refractivity contribution in [2.75, 3.05) is 13.7 Å². The molecular formula is C26H17ClN4O7. The standard InChI is InChI=1S/C26H17ClN4O7/c1-36-24(32)14-37-21-9-7-18(31(34)35)11-16(21)13-28-30-25(29-20-5-3-2-4-19(20)26(30)33)23-12-15-10-17(27)6-8-22(15)38-23/h2-13H,14H2,1H3. The molecule has 0 unspecified atom stereocenters. The molecule has 0 aliphatic rings. The number of fused-ring (bicyclic) bond motifs is 2. The van der Waals surface area contributed by atoms with Crippen LogP contribution in [0, 0.1) is 10.1 Å². The minimum Gasteiger partial charge on any atom is -0.481 e. The Morgan fingerprint density at radius 1 is 1.18 bits per heavy atom. The number of non-ortho nitro benzene ring substituents is 1. The summed E-state index contributed by atoms with van der Waals surface area (Å²) in [4.78, 5) is 40.4. The molecule has 5 rings (SSSR count). The summed E-state index contributed by atoms with van der Waals surface area (Å²) >= 11 is 6.11. The Hall–Kier alpha value is -5.03. The van der Waals surface area contributed by atoms with Gasteiger partial charge in [-0.2, -0.15) is 9.78 Å². The number of hydrogen-bond acceptors (Lipinski definition) is 9. The third-order valence-electron chi connectivity index (χ3n) is 5.54. The number of halogens is 1. The van der Waals surface area contributed by atoms with Gasteiger partial charge in [0.2, 0.25) is 5.82 Å². The van der Waals surface area contributed by atoms with Gasteiger partial charge in [-0.05, 0) is 42.5 Å². The number of benzene rings is 3. The normalized spacial score (nSPS) is 11.3. The molecule has 5 aromatic rings. The molecule has 0 amide bonds. The minimum atomic E-state index is -0.645. The summed E-state index contributed by atoms with van der Waals surface area (Å²) in [5, 5.41) is 17.2. The predicted octanol–water partition coefficient (Wildman–Crippen LogP) is 4.81. The fourth-order valence-electron chi connectivity index (χ4n) is 3.71. The van der Waals surface area contributed by atoms with Gasteiger partial charge in [0.25, 0.3) is 11.2 Å². The molecule has 12 heteroatoms. The van der Waals surface area contributed by atoms with Crippen molar-refractivity contribution in [1.29, 1.82) is 0 Å². The summed E-state index contributed by atoms with van der Waals surface area (Å²) in [6.45, 7) is -0.431. The number of para-hydroxylation sites is 1. The first-order valence-corrected chi connectivity index (χ1v) is 11.5. The highest BCUT2D eigenvalue weighted by Crippen LogP contribution is 2.29. The van der Waals surface area contributed by atoms with Crippen molar-refractivity contribution in [3.8, 4) is 17.3 Å². The van der Waals surface area contributed by atoms with Crippen LogP contribution in [0.3, 0.4) is 0 Å². The van der Waals surface area contributed by atoms with Crippen molar-refractivity contribution in [2.45, 2.75) is 0 Å². The first kappa shape index (κ1) is 24.7. The maximum atomic E-state index is 13.5. The van der Waals surface area contributed by atoms with Crippen molar-refractivity contribution in [3.63, 3.8) is 0 Å². The van der Waals surface area contributed by atoms with Crippen molar-refractivity contribution in [2.24, 2.45) is 5.10 Å². The van der Waals surface area contributed by atoms with E-state index < -0.39 is 23.1 Å². The molecule has 2 heterocycles. The van der Waals surface area contributed by atoms with Crippen LogP contribution in [0.25, 0.3) is 33.5 Å². The number of esters is 1. The maximum absolute atomic E-state index is 13.5. The Kier molecular flexibility index (Phi) is 6.58. The molecule has 3 aromatic carbocycles. The lowest BCUT2D eigenvalue weighted by atomic mass is 10.2. The molecule has 0 spiro atoms. The van der Waals surface area contributed by atoms with E-state index in [9.17, 15) is 19.7 Å². The molecular weight excluding hydrogens is 516 g/mol. The van der Waals surface area contributed by atoms with Crippen LogP contribution >= 0.6 is 11.6 Å². The molecule has 0 aliphatic carbocycles. The number of nitrogens with zero attached hydrogens (tertiary/aromatic N) is 4. The summed E-state index contributed by atoms with van der Waals surface area (Å²) in [6.07, 6.45) is 1.21. The average molecular weight is 533 g/mol. The van der Waals surface area contributed by atoms with Crippen LogP contribution < -0.4 is 10.3 Å². The number of methoxy groups -OCH3 is 1. The molecule has 11 nitrogen and oxygen atoms in total. The lowest BCUT2D eigenvalue weighted by Gasteiger charge is -2.09. The topological polar surface area (TPSA) is 139 Å². The van der Waals surface area contributed by atoms with Crippen molar-refractivity contribution in [1.82, 2.24) is 9.66 Å². The summed E-state index contributed by atoms with van der Waals surface area (Å²) in [7, 11) is 1.20. The second-order valence-electron chi connectivity index (χ2n) is 7.95. The van der Waals surface area contributed by atoms with Crippen LogP contribution in [0.15, 0.2) is 81.0 Å². The van der Waals surface area contributed by atoms with Crippen LogP contribution in [-0.2, 0) is 9.53 Å². The van der Waals surface area contributed by atoms with Gasteiger partial charge >= 0.3 is 5.97 Å². The SMILES string of the molecule is COC(=O)COc1ccc([N+](=O)[O-])cc1C=Nn1c(-c2cc3cc(Cl)ccc3o2)nc2ccccc2c1=O. The van der Waals surface area contributed by atoms with Gasteiger partial charge < -0.3 is 13.9 Å². The first-order chi connectivity index (χ1) is 18.3. The Balaban J connectivity index is 1.67. The van der Waals surface area contributed by atoms with E-state index in [1.807, 2.05) is 0 Å². The number of furan rings is 1. The van der Waals surface area contributed by atoms with Crippen molar-refractivity contribution >= 4 is 51.3 Å². The number of hydrogen-bond donors (Lipinski definition) is 0. The van der Waals surface area contributed by atoms with Gasteiger partial charge in [-0.3, -0.25) is 14.9 Å². The lowest BCUT2D eigenvalue weighted by molar-refractivity contribution is -0.384. The van der Waals surface area contributed by atoms with Crippen LogP contribution in [0.5, 0.6) is 5.75 Å². The molecule has 2 aromatic heterocycles. The number of nitro groups is 1. The summed E-state index contributed by atoms with van der Waals surface area (Å²) < 4.78 is 17.0. The van der Waals surface area contributed by atoms with Crippen LogP contribution in [0.4, 0.5) is 5.69 Å². The maximum Gasteiger partial charge on any atom is 0.343 e. The molecule has 0 atom stereocenters. The number of carbonyl (C=O) groups excluding carboxylic acids is 1. The molecule has 0 saturated carbocycles. The van der Waals surface area contributed by atoms with E-state index in [1.165, 1.54) is 31.5 Å². The van der Waals surface area contributed by atoms with Gasteiger partial charge in [-0.15, -0.1) is 0 Å². The fourth-order valence-corrected chi connectivity index (χ4v) is 3.89. The number of rotatable bonds is 7. The number of nitro benzene ring substituents is 1. The molecule has 0 radical (unpaired) electrons. The van der Waals surface area contributed by atoms with Crippen LogP contribution in [0.1, 0.15) is 5.56 Å². The summed E-state index contributed by atoms with van der Waals surface area (Å²) in [6, 6.07) is 17.3.